The van der Waals surface area contributed by atoms with Crippen LogP contribution in [0.25, 0.3) is 0 Å². The smallest absolute Gasteiger partial charge is 0.320 e. The van der Waals surface area contributed by atoms with Crippen molar-refractivity contribution in [3.05, 3.63) is 0 Å². The topological polar surface area (TPSA) is 26.3 Å². The normalized spacial score (nSPS) is 12.5. The molecule has 0 aromatic heterocycles. The number of esters is 1. The predicted molar refractivity (Wildman–Crippen MR) is 70.8 cm³/mol. The van der Waals surface area contributed by atoms with E-state index in [-0.39, 0.29) is 10.8 Å². The first kappa shape index (κ1) is 15.4. The second-order valence-corrected chi connectivity index (χ2v) is 5.31. The number of halogens is 2. The summed E-state index contributed by atoms with van der Waals surface area (Å²) < 4.78 is 5.09. The highest BCUT2D eigenvalue weighted by atomic mass is 79.9. The molecule has 0 amide bonds. The summed E-state index contributed by atoms with van der Waals surface area (Å²) in [4.78, 5) is 11.0. The fourth-order valence-corrected chi connectivity index (χ4v) is 1.61. The van der Waals surface area contributed by atoms with Gasteiger partial charge in [-0.3, -0.25) is 4.79 Å². The molecule has 0 aliphatic heterocycles. The molecule has 0 spiro atoms. The Bertz CT molecular complexity index is 163. The minimum absolute atomic E-state index is 0.166. The van der Waals surface area contributed by atoms with Crippen molar-refractivity contribution in [2.24, 2.45) is 0 Å². The Hall–Kier alpha value is 0.430. The molecule has 0 saturated carbocycles. The van der Waals surface area contributed by atoms with Gasteiger partial charge < -0.3 is 4.74 Å². The van der Waals surface area contributed by atoms with E-state index >= 15 is 0 Å². The summed E-state index contributed by atoms with van der Waals surface area (Å²) in [7, 11) is 0. The van der Waals surface area contributed by atoms with E-state index in [1.165, 1.54) is 25.7 Å². The van der Waals surface area contributed by atoms with Crippen LogP contribution in [0.1, 0.15) is 45.4 Å². The molecule has 0 aromatic rings. The quantitative estimate of drug-likeness (QED) is 0.358. The summed E-state index contributed by atoms with van der Waals surface area (Å²) in [5, 5.41) is 0.600. The Morgan fingerprint density at radius 1 is 1.20 bits per heavy atom. The van der Waals surface area contributed by atoms with Crippen molar-refractivity contribution in [1.82, 2.24) is 0 Å². The second-order valence-electron chi connectivity index (χ2n) is 3.56. The van der Waals surface area contributed by atoms with Gasteiger partial charge in [0.15, 0.2) is 0 Å². The first-order valence-corrected chi connectivity index (χ1v) is 7.62. The number of hydrogen-bond acceptors (Lipinski definition) is 2. The highest BCUT2D eigenvalue weighted by Gasteiger charge is 2.13. The Labute approximate surface area is 109 Å². The van der Waals surface area contributed by atoms with Gasteiger partial charge in [-0.1, -0.05) is 70.9 Å². The lowest BCUT2D eigenvalue weighted by molar-refractivity contribution is -0.142. The van der Waals surface area contributed by atoms with E-state index in [4.69, 9.17) is 4.74 Å². The van der Waals surface area contributed by atoms with Crippen molar-refractivity contribution in [2.45, 2.75) is 50.3 Å². The van der Waals surface area contributed by atoms with Gasteiger partial charge in [-0.2, -0.15) is 0 Å². The number of alkyl halides is 2. The SMILES string of the molecule is CCCCCCCCOC(=O)[C@H](Br)CBr. The minimum Gasteiger partial charge on any atom is -0.465 e. The second kappa shape index (κ2) is 10.9. The number of rotatable bonds is 9. The fraction of sp³-hybridized carbons (Fsp3) is 0.909. The zero-order valence-electron chi connectivity index (χ0n) is 9.31. The molecule has 2 nitrogen and oxygen atoms in total. The molecule has 0 N–H and O–H groups in total. The van der Waals surface area contributed by atoms with Crippen molar-refractivity contribution in [2.75, 3.05) is 11.9 Å². The molecule has 15 heavy (non-hydrogen) atoms. The molecule has 4 heteroatoms. The molecular formula is C11H20Br2O2. The maximum absolute atomic E-state index is 11.2. The van der Waals surface area contributed by atoms with Gasteiger partial charge in [-0.15, -0.1) is 0 Å². The Morgan fingerprint density at radius 3 is 2.40 bits per heavy atom. The first-order chi connectivity index (χ1) is 7.22. The number of unbranched alkanes of at least 4 members (excludes halogenated alkanes) is 5. The number of carbonyl (C=O) groups is 1. The lowest BCUT2D eigenvalue weighted by atomic mass is 10.1. The molecule has 0 unspecified atom stereocenters. The molecule has 1 atom stereocenters. The molecule has 0 bridgehead atoms. The Morgan fingerprint density at radius 2 is 1.80 bits per heavy atom. The van der Waals surface area contributed by atoms with Crippen molar-refractivity contribution in [1.29, 1.82) is 0 Å². The van der Waals surface area contributed by atoms with Crippen LogP contribution in [0.5, 0.6) is 0 Å². The molecular weight excluding hydrogens is 324 g/mol. The van der Waals surface area contributed by atoms with E-state index in [0.29, 0.717) is 11.9 Å². The monoisotopic (exact) mass is 342 g/mol. The van der Waals surface area contributed by atoms with E-state index in [2.05, 4.69) is 38.8 Å². The third-order valence-electron chi connectivity index (χ3n) is 2.13. The van der Waals surface area contributed by atoms with Crippen LogP contribution in [-0.2, 0) is 9.53 Å². The molecule has 0 aliphatic carbocycles. The van der Waals surface area contributed by atoms with Gasteiger partial charge in [-0.25, -0.2) is 0 Å². The summed E-state index contributed by atoms with van der Waals surface area (Å²) >= 11 is 6.44. The van der Waals surface area contributed by atoms with Gasteiger partial charge >= 0.3 is 5.97 Å². The summed E-state index contributed by atoms with van der Waals surface area (Å²) in [6.45, 7) is 2.76. The van der Waals surface area contributed by atoms with Gasteiger partial charge in [0.2, 0.25) is 0 Å². The van der Waals surface area contributed by atoms with E-state index < -0.39 is 0 Å². The number of ether oxygens (including phenoxy) is 1. The molecule has 90 valence electrons. The van der Waals surface area contributed by atoms with Crippen LogP contribution in [0, 0.1) is 0 Å². The minimum atomic E-state index is -0.211. The average molecular weight is 344 g/mol. The molecule has 0 radical (unpaired) electrons. The Balaban J connectivity index is 3.20. The van der Waals surface area contributed by atoms with Crippen molar-refractivity contribution < 1.29 is 9.53 Å². The maximum atomic E-state index is 11.2. The van der Waals surface area contributed by atoms with E-state index in [9.17, 15) is 4.79 Å². The van der Waals surface area contributed by atoms with E-state index in [1.54, 1.807) is 0 Å². The molecule has 0 rings (SSSR count). The van der Waals surface area contributed by atoms with Crippen molar-refractivity contribution in [3.63, 3.8) is 0 Å². The van der Waals surface area contributed by atoms with Gasteiger partial charge in [-0.05, 0) is 6.42 Å². The standard InChI is InChI=1S/C11H20Br2O2/c1-2-3-4-5-6-7-8-15-11(14)10(13)9-12/h10H,2-9H2,1H3/t10-/m1/s1. The van der Waals surface area contributed by atoms with Crippen LogP contribution in [0.3, 0.4) is 0 Å². The maximum Gasteiger partial charge on any atom is 0.320 e. The average Bonchev–Trinajstić information content (AvgIpc) is 2.26. The number of hydrogen-bond donors (Lipinski definition) is 0. The van der Waals surface area contributed by atoms with Gasteiger partial charge in [0, 0.05) is 5.33 Å². The zero-order chi connectivity index (χ0) is 11.5. The third kappa shape index (κ3) is 9.36. The highest BCUT2D eigenvalue weighted by molar-refractivity contribution is 9.12. The molecule has 0 fully saturated rings. The first-order valence-electron chi connectivity index (χ1n) is 5.59. The summed E-state index contributed by atoms with van der Waals surface area (Å²) in [6.07, 6.45) is 7.28. The van der Waals surface area contributed by atoms with Gasteiger partial charge in [0.05, 0.1) is 6.61 Å². The summed E-state index contributed by atoms with van der Waals surface area (Å²) in [6, 6.07) is 0. The summed E-state index contributed by atoms with van der Waals surface area (Å²) in [5.41, 5.74) is 0. The summed E-state index contributed by atoms with van der Waals surface area (Å²) in [5.74, 6) is -0.166. The largest absolute Gasteiger partial charge is 0.465 e. The lowest BCUT2D eigenvalue weighted by Crippen LogP contribution is -2.19. The van der Waals surface area contributed by atoms with Crippen LogP contribution in [-0.4, -0.2) is 22.7 Å². The molecule has 0 aromatic carbocycles. The van der Waals surface area contributed by atoms with Crippen LogP contribution in [0.2, 0.25) is 0 Å². The van der Waals surface area contributed by atoms with Crippen LogP contribution >= 0.6 is 31.9 Å². The van der Waals surface area contributed by atoms with Crippen LogP contribution in [0.4, 0.5) is 0 Å². The highest BCUT2D eigenvalue weighted by Crippen LogP contribution is 2.08. The predicted octanol–water partition coefficient (Wildman–Crippen LogP) is 4.05. The van der Waals surface area contributed by atoms with Gasteiger partial charge in [0.25, 0.3) is 0 Å². The van der Waals surface area contributed by atoms with Gasteiger partial charge in [0.1, 0.15) is 4.83 Å². The zero-order valence-corrected chi connectivity index (χ0v) is 12.5. The number of carbonyl (C=O) groups excluding carboxylic acids is 1. The van der Waals surface area contributed by atoms with Crippen LogP contribution in [0.15, 0.2) is 0 Å². The van der Waals surface area contributed by atoms with Crippen molar-refractivity contribution in [3.8, 4) is 0 Å². The van der Waals surface area contributed by atoms with Crippen molar-refractivity contribution >= 4 is 37.8 Å². The third-order valence-corrected chi connectivity index (χ3v) is 4.35. The fourth-order valence-electron chi connectivity index (χ4n) is 1.21. The molecule has 0 aliphatic rings. The van der Waals surface area contributed by atoms with E-state index in [0.717, 1.165) is 12.8 Å². The Kier molecular flexibility index (Phi) is 11.2. The van der Waals surface area contributed by atoms with E-state index in [1.807, 2.05) is 0 Å². The lowest BCUT2D eigenvalue weighted by Gasteiger charge is -2.07. The molecule has 0 heterocycles. The van der Waals surface area contributed by atoms with Crippen LogP contribution < -0.4 is 0 Å². The molecule has 0 saturated heterocycles.